The number of nitrogens with two attached hydrogens (primary N) is 1. The molecule has 0 unspecified atom stereocenters. The number of nitrogen functional groups attached to an aromatic ring is 1. The Labute approximate surface area is 186 Å². The normalized spacial score (nSPS) is 11.5. The molecule has 0 saturated carbocycles. The van der Waals surface area contributed by atoms with Crippen molar-refractivity contribution < 1.29 is 4.79 Å². The van der Waals surface area contributed by atoms with Gasteiger partial charge in [0.25, 0.3) is 5.91 Å². The summed E-state index contributed by atoms with van der Waals surface area (Å²) < 4.78 is 1.47. The lowest BCUT2D eigenvalue weighted by atomic mass is 10.1. The van der Waals surface area contributed by atoms with Gasteiger partial charge in [0.15, 0.2) is 5.65 Å². The van der Waals surface area contributed by atoms with Gasteiger partial charge in [0.2, 0.25) is 0 Å². The average molecular weight is 430 g/mol. The highest BCUT2D eigenvalue weighted by Crippen LogP contribution is 2.27. The van der Waals surface area contributed by atoms with Gasteiger partial charge in [0, 0.05) is 24.5 Å². The summed E-state index contributed by atoms with van der Waals surface area (Å²) in [6, 6.07) is 11.2. The van der Waals surface area contributed by atoms with E-state index < -0.39 is 0 Å². The second-order valence-corrected chi connectivity index (χ2v) is 7.66. The van der Waals surface area contributed by atoms with Gasteiger partial charge in [-0.25, -0.2) is 9.97 Å². The van der Waals surface area contributed by atoms with Gasteiger partial charge in [-0.15, -0.1) is 0 Å². The summed E-state index contributed by atoms with van der Waals surface area (Å²) in [7, 11) is 0. The van der Waals surface area contributed by atoms with E-state index in [9.17, 15) is 4.79 Å². The van der Waals surface area contributed by atoms with Crippen molar-refractivity contribution in [2.45, 2.75) is 39.0 Å². The Morgan fingerprint density at radius 1 is 1.09 bits per heavy atom. The van der Waals surface area contributed by atoms with Crippen molar-refractivity contribution in [3.05, 3.63) is 59.9 Å². The minimum Gasteiger partial charge on any atom is -0.383 e. The van der Waals surface area contributed by atoms with Crippen LogP contribution in [0.15, 0.2) is 53.9 Å². The summed E-state index contributed by atoms with van der Waals surface area (Å²) >= 11 is 0. The minimum atomic E-state index is -0.261. The van der Waals surface area contributed by atoms with Crippen molar-refractivity contribution >= 4 is 40.1 Å². The van der Waals surface area contributed by atoms with E-state index in [2.05, 4.69) is 22.3 Å². The van der Waals surface area contributed by atoms with Crippen LogP contribution in [0.1, 0.15) is 54.9 Å². The molecule has 3 aromatic heterocycles. The van der Waals surface area contributed by atoms with Crippen LogP contribution in [0.3, 0.4) is 0 Å². The summed E-state index contributed by atoms with van der Waals surface area (Å²) in [5.41, 5.74) is 9.79. The van der Waals surface area contributed by atoms with Crippen LogP contribution in [-0.4, -0.2) is 38.3 Å². The Kier molecular flexibility index (Phi) is 6.69. The molecule has 4 aromatic rings. The zero-order valence-corrected chi connectivity index (χ0v) is 18.2. The van der Waals surface area contributed by atoms with Crippen LogP contribution in [0.2, 0.25) is 0 Å². The van der Waals surface area contributed by atoms with Gasteiger partial charge in [-0.3, -0.25) is 9.78 Å². The predicted molar refractivity (Wildman–Crippen MR) is 128 cm³/mol. The van der Waals surface area contributed by atoms with E-state index in [1.807, 2.05) is 36.4 Å². The van der Waals surface area contributed by atoms with Crippen molar-refractivity contribution in [1.82, 2.24) is 24.9 Å². The molecule has 3 N–H and O–H groups in total. The van der Waals surface area contributed by atoms with Gasteiger partial charge in [0.1, 0.15) is 16.9 Å². The number of para-hydroxylation sites is 2. The van der Waals surface area contributed by atoms with E-state index in [1.54, 1.807) is 18.6 Å². The van der Waals surface area contributed by atoms with E-state index in [-0.39, 0.29) is 11.7 Å². The van der Waals surface area contributed by atoms with Crippen LogP contribution in [0.25, 0.3) is 22.2 Å². The van der Waals surface area contributed by atoms with Crippen LogP contribution in [0.5, 0.6) is 0 Å². The number of carbonyl (C=O) groups excluding carboxylic acids is 1. The molecular weight excluding hydrogens is 402 g/mol. The monoisotopic (exact) mass is 429 g/mol. The maximum absolute atomic E-state index is 13.1. The number of nitrogens with one attached hydrogen (secondary N) is 1. The summed E-state index contributed by atoms with van der Waals surface area (Å²) in [6.07, 6.45) is 10.6. The standard InChI is InChI=1S/C24H27N7O/c1-2-3-4-5-8-14-27-24(32)20-21-23(30-19-12-7-6-11-18(19)29-21)31(22(20)25)28-16-17-10-9-13-26-15-17/h6-7,9-13,15-16H,2-5,8,14,25H2,1H3,(H,27,32)/b28-16-. The summed E-state index contributed by atoms with van der Waals surface area (Å²) in [4.78, 5) is 26.5. The molecule has 0 atom stereocenters. The Morgan fingerprint density at radius 3 is 2.62 bits per heavy atom. The summed E-state index contributed by atoms with van der Waals surface area (Å²) in [5.74, 6) is -0.0539. The number of hydrogen-bond donors (Lipinski definition) is 2. The number of fused-ring (bicyclic) bond motifs is 2. The largest absolute Gasteiger partial charge is 0.383 e. The molecule has 0 aliphatic rings. The van der Waals surface area contributed by atoms with Gasteiger partial charge >= 0.3 is 0 Å². The van der Waals surface area contributed by atoms with Gasteiger partial charge < -0.3 is 11.1 Å². The third kappa shape index (κ3) is 4.59. The van der Waals surface area contributed by atoms with Gasteiger partial charge in [-0.05, 0) is 24.6 Å². The van der Waals surface area contributed by atoms with Crippen molar-refractivity contribution in [2.75, 3.05) is 12.3 Å². The molecule has 1 aromatic carbocycles. The van der Waals surface area contributed by atoms with E-state index in [0.29, 0.717) is 34.3 Å². The lowest BCUT2D eigenvalue weighted by Crippen LogP contribution is -2.25. The molecule has 8 heteroatoms. The van der Waals surface area contributed by atoms with Crippen LogP contribution in [0.4, 0.5) is 5.82 Å². The Hall–Kier alpha value is -3.81. The molecule has 4 rings (SSSR count). The summed E-state index contributed by atoms with van der Waals surface area (Å²) in [5, 5.41) is 7.47. The van der Waals surface area contributed by atoms with Crippen LogP contribution in [0, 0.1) is 0 Å². The first kappa shape index (κ1) is 21.4. The van der Waals surface area contributed by atoms with Gasteiger partial charge in [-0.1, -0.05) is 50.8 Å². The maximum atomic E-state index is 13.1. The molecule has 164 valence electrons. The first-order valence-electron chi connectivity index (χ1n) is 11.0. The van der Waals surface area contributed by atoms with E-state index in [0.717, 1.165) is 18.4 Å². The molecule has 0 saturated heterocycles. The molecule has 0 aliphatic heterocycles. The minimum absolute atomic E-state index is 0.207. The zero-order valence-electron chi connectivity index (χ0n) is 18.2. The molecular formula is C24H27N7O. The number of benzene rings is 1. The number of nitrogens with zero attached hydrogens (tertiary/aromatic N) is 5. The molecule has 1 amide bonds. The van der Waals surface area contributed by atoms with Crippen molar-refractivity contribution in [3.63, 3.8) is 0 Å². The van der Waals surface area contributed by atoms with Crippen LogP contribution >= 0.6 is 0 Å². The van der Waals surface area contributed by atoms with Crippen LogP contribution in [-0.2, 0) is 0 Å². The highest BCUT2D eigenvalue weighted by molar-refractivity contribution is 6.10. The SMILES string of the molecule is CCCCCCCNC(=O)c1c(N)n(/N=C\c2cccnc2)c2nc3ccccc3nc12. The van der Waals surface area contributed by atoms with E-state index in [4.69, 9.17) is 15.7 Å². The highest BCUT2D eigenvalue weighted by Gasteiger charge is 2.23. The number of unbranched alkanes of at least 4 members (excludes halogenated alkanes) is 4. The topological polar surface area (TPSA) is 111 Å². The highest BCUT2D eigenvalue weighted by atomic mass is 16.1. The fraction of sp³-hybridized carbons (Fsp3) is 0.292. The second kappa shape index (κ2) is 10.00. The quantitative estimate of drug-likeness (QED) is 0.307. The lowest BCUT2D eigenvalue weighted by molar-refractivity contribution is 0.0955. The Balaban J connectivity index is 1.69. The molecule has 0 fully saturated rings. The number of rotatable bonds is 9. The third-order valence-electron chi connectivity index (χ3n) is 5.27. The first-order chi connectivity index (χ1) is 15.7. The molecule has 32 heavy (non-hydrogen) atoms. The molecule has 3 heterocycles. The fourth-order valence-corrected chi connectivity index (χ4v) is 3.58. The number of aromatic nitrogens is 4. The molecule has 0 spiro atoms. The fourth-order valence-electron chi connectivity index (χ4n) is 3.58. The van der Waals surface area contributed by atoms with E-state index >= 15 is 0 Å². The third-order valence-corrected chi connectivity index (χ3v) is 5.27. The molecule has 0 aliphatic carbocycles. The summed E-state index contributed by atoms with van der Waals surface area (Å²) in [6.45, 7) is 2.77. The Bertz CT molecular complexity index is 1250. The molecule has 8 nitrogen and oxygen atoms in total. The number of hydrogen-bond acceptors (Lipinski definition) is 6. The van der Waals surface area contributed by atoms with Gasteiger partial charge in [-0.2, -0.15) is 9.78 Å². The molecule has 0 bridgehead atoms. The smallest absolute Gasteiger partial charge is 0.257 e. The number of anilines is 1. The van der Waals surface area contributed by atoms with Crippen molar-refractivity contribution in [3.8, 4) is 0 Å². The number of amides is 1. The maximum Gasteiger partial charge on any atom is 0.257 e. The first-order valence-corrected chi connectivity index (χ1v) is 11.0. The second-order valence-electron chi connectivity index (χ2n) is 7.66. The molecule has 0 radical (unpaired) electrons. The average Bonchev–Trinajstić information content (AvgIpc) is 3.09. The van der Waals surface area contributed by atoms with E-state index in [1.165, 1.54) is 23.9 Å². The zero-order chi connectivity index (χ0) is 22.3. The van der Waals surface area contributed by atoms with Gasteiger partial charge in [0.05, 0.1) is 17.2 Å². The predicted octanol–water partition coefficient (Wildman–Crippen LogP) is 4.14. The van der Waals surface area contributed by atoms with Crippen LogP contribution < -0.4 is 11.1 Å². The van der Waals surface area contributed by atoms with Crippen molar-refractivity contribution in [1.29, 1.82) is 0 Å². The Morgan fingerprint density at radius 2 is 1.88 bits per heavy atom. The van der Waals surface area contributed by atoms with Crippen molar-refractivity contribution in [2.24, 2.45) is 5.10 Å². The number of carbonyl (C=O) groups is 1. The number of pyridine rings is 1. The lowest BCUT2D eigenvalue weighted by Gasteiger charge is -2.05.